The third-order valence-electron chi connectivity index (χ3n) is 8.59. The van der Waals surface area contributed by atoms with Crippen molar-refractivity contribution in [2.75, 3.05) is 77.8 Å². The highest BCUT2D eigenvalue weighted by molar-refractivity contribution is 7.22. The molecule has 12 nitrogen and oxygen atoms in total. The number of hydrogen-bond acceptors (Lipinski definition) is 13. The molecule has 54 heavy (non-hydrogen) atoms. The van der Waals surface area contributed by atoms with Crippen molar-refractivity contribution < 1.29 is 28.6 Å². The number of carbonyl (C=O) groups excluding carboxylic acids is 1. The van der Waals surface area contributed by atoms with E-state index < -0.39 is 11.8 Å². The first-order chi connectivity index (χ1) is 25.9. The highest BCUT2D eigenvalue weighted by Crippen LogP contribution is 2.34. The first kappa shape index (κ1) is 40.5. The molecule has 0 amide bonds. The molecule has 0 aliphatic rings. The average Bonchev–Trinajstić information content (AvgIpc) is 3.74. The first-order valence-electron chi connectivity index (χ1n) is 17.9. The number of unbranched alkanes of at least 4 members (excludes halogenated alkanes) is 2. The number of halogens is 1. The van der Waals surface area contributed by atoms with Gasteiger partial charge in [-0.15, -0.1) is 21.5 Å². The van der Waals surface area contributed by atoms with E-state index in [1.807, 2.05) is 61.2 Å². The molecule has 3 aromatic heterocycles. The summed E-state index contributed by atoms with van der Waals surface area (Å²) in [5.41, 5.74) is 2.16. The van der Waals surface area contributed by atoms with Crippen LogP contribution in [0.3, 0.4) is 0 Å². The van der Waals surface area contributed by atoms with E-state index in [1.54, 1.807) is 12.1 Å². The maximum absolute atomic E-state index is 14.7. The van der Waals surface area contributed by atoms with Crippen LogP contribution in [0.2, 0.25) is 0 Å². The van der Waals surface area contributed by atoms with Gasteiger partial charge in [-0.25, -0.2) is 14.4 Å². The van der Waals surface area contributed by atoms with E-state index in [2.05, 4.69) is 51.4 Å². The van der Waals surface area contributed by atoms with Gasteiger partial charge in [0, 0.05) is 17.0 Å². The number of aliphatic hydroxyl groups excluding tert-OH is 1. The number of quaternary nitrogens is 1. The summed E-state index contributed by atoms with van der Waals surface area (Å²) in [7, 11) is 8.03. The average molecular weight is 775 g/mol. The molecule has 0 bridgehead atoms. The predicted molar refractivity (Wildman–Crippen MR) is 212 cm³/mol. The first-order valence-corrected chi connectivity index (χ1v) is 19.5. The van der Waals surface area contributed by atoms with Gasteiger partial charge in [-0.2, -0.15) is 0 Å². The van der Waals surface area contributed by atoms with Crippen molar-refractivity contribution in [2.24, 2.45) is 0 Å². The normalized spacial score (nSPS) is 11.5. The Hall–Kier alpha value is -4.72. The summed E-state index contributed by atoms with van der Waals surface area (Å²) in [5, 5.41) is 35.2. The molecule has 0 saturated carbocycles. The Morgan fingerprint density at radius 2 is 1.85 bits per heavy atom. The number of rotatable bonds is 19. The number of nitrogens with zero attached hydrogens (tertiary/aromatic N) is 7. The number of nitrogens with one attached hydrogen (secondary N) is 1. The fraction of sp³-hybridized carbons (Fsp3) is 0.410. The van der Waals surface area contributed by atoms with Crippen molar-refractivity contribution in [1.82, 2.24) is 25.1 Å². The molecule has 3 heterocycles. The Kier molecular flexibility index (Phi) is 14.3. The number of hydrogen-bond donors (Lipinski definition) is 2. The summed E-state index contributed by atoms with van der Waals surface area (Å²) >= 11 is 2.79. The number of carbonyl (C=O) groups is 1. The molecule has 0 aliphatic carbocycles. The molecule has 2 aromatic carbocycles. The highest BCUT2D eigenvalue weighted by atomic mass is 32.1. The molecule has 0 unspecified atom stereocenters. The van der Waals surface area contributed by atoms with Crippen molar-refractivity contribution >= 4 is 60.8 Å². The number of aromatic nitrogens is 4. The van der Waals surface area contributed by atoms with Gasteiger partial charge in [-0.1, -0.05) is 35.3 Å². The van der Waals surface area contributed by atoms with Gasteiger partial charge in [0.2, 0.25) is 0 Å². The third-order valence-corrected chi connectivity index (χ3v) is 10.7. The molecule has 0 aliphatic heterocycles. The monoisotopic (exact) mass is 774 g/mol. The number of carboxylic acid groups (broad SMARTS) is 1. The highest BCUT2D eigenvalue weighted by Gasteiger charge is 2.22. The number of aliphatic hydroxyl groups is 1. The fourth-order valence-electron chi connectivity index (χ4n) is 5.62. The van der Waals surface area contributed by atoms with Gasteiger partial charge in [0.25, 0.3) is 0 Å². The molecule has 5 rings (SSSR count). The van der Waals surface area contributed by atoms with Gasteiger partial charge in [-0.05, 0) is 95.1 Å². The summed E-state index contributed by atoms with van der Waals surface area (Å²) in [6.45, 7) is 4.95. The lowest BCUT2D eigenvalue weighted by atomic mass is 10.2. The number of para-hydroxylation sites is 1. The van der Waals surface area contributed by atoms with Gasteiger partial charge < -0.3 is 34.4 Å². The van der Waals surface area contributed by atoms with Crippen molar-refractivity contribution in [1.29, 1.82) is 0 Å². The van der Waals surface area contributed by atoms with Gasteiger partial charge in [-0.3, -0.25) is 4.90 Å². The van der Waals surface area contributed by atoms with Crippen LogP contribution in [-0.2, 0) is 6.42 Å². The zero-order chi connectivity index (χ0) is 38.7. The lowest BCUT2D eigenvalue weighted by molar-refractivity contribution is -0.890. The van der Waals surface area contributed by atoms with Crippen LogP contribution in [0.5, 0.6) is 5.75 Å². The zero-order valence-corrected chi connectivity index (χ0v) is 33.0. The van der Waals surface area contributed by atoms with Crippen LogP contribution < -0.4 is 20.1 Å². The minimum Gasteiger partial charge on any atom is -0.543 e. The lowest BCUT2D eigenvalue weighted by Gasteiger charge is -2.29. The van der Waals surface area contributed by atoms with Crippen LogP contribution in [0.1, 0.15) is 52.2 Å². The smallest absolute Gasteiger partial charge is 0.191 e. The van der Waals surface area contributed by atoms with Crippen LogP contribution in [0.15, 0.2) is 48.5 Å². The summed E-state index contributed by atoms with van der Waals surface area (Å²) in [6.07, 6.45) is 3.44. The van der Waals surface area contributed by atoms with Gasteiger partial charge in [0.1, 0.15) is 12.2 Å². The molecular weight excluding hydrogens is 728 g/mol. The Bertz CT molecular complexity index is 2060. The minimum atomic E-state index is -1.37. The number of likely N-dealkylation sites (N-methyl/N-ethyl adjacent to an activating group) is 1. The number of thiazole rings is 2. The molecule has 0 radical (unpaired) electrons. The van der Waals surface area contributed by atoms with E-state index in [9.17, 15) is 19.4 Å². The topological polar surface area (TPSA) is 140 Å². The number of aromatic carboxylic acids is 1. The summed E-state index contributed by atoms with van der Waals surface area (Å²) in [5.74, 6) is 5.27. The van der Waals surface area contributed by atoms with Crippen LogP contribution >= 0.6 is 22.7 Å². The van der Waals surface area contributed by atoms with Crippen molar-refractivity contribution in [3.63, 3.8) is 0 Å². The van der Waals surface area contributed by atoms with E-state index >= 15 is 0 Å². The number of benzene rings is 2. The summed E-state index contributed by atoms with van der Waals surface area (Å²) in [6, 6.07) is 14.4. The van der Waals surface area contributed by atoms with Crippen LogP contribution in [-0.4, -0.2) is 108 Å². The fourth-order valence-corrected chi connectivity index (χ4v) is 7.61. The number of fused-ring (bicyclic) bond motifs is 1. The number of ether oxygens (including phenoxy) is 1. The third kappa shape index (κ3) is 11.4. The second-order valence-electron chi connectivity index (χ2n) is 13.9. The van der Waals surface area contributed by atoms with Gasteiger partial charge >= 0.3 is 0 Å². The van der Waals surface area contributed by atoms with Crippen LogP contribution in [0, 0.1) is 24.6 Å². The predicted octanol–water partition coefficient (Wildman–Crippen LogP) is 5.40. The van der Waals surface area contributed by atoms with Crippen LogP contribution in [0.25, 0.3) is 10.2 Å². The molecule has 0 spiro atoms. The van der Waals surface area contributed by atoms with Crippen molar-refractivity contribution in [2.45, 2.75) is 39.0 Å². The number of aryl methyl sites for hydroxylation is 2. The Morgan fingerprint density at radius 1 is 1.04 bits per heavy atom. The van der Waals surface area contributed by atoms with E-state index in [1.165, 1.54) is 28.7 Å². The molecule has 0 saturated heterocycles. The van der Waals surface area contributed by atoms with Crippen LogP contribution in [0.4, 0.5) is 26.3 Å². The summed E-state index contributed by atoms with van der Waals surface area (Å²) < 4.78 is 22.2. The maximum Gasteiger partial charge on any atom is 0.191 e. The molecular formula is C39H47FN8O4S2. The maximum atomic E-state index is 14.7. The van der Waals surface area contributed by atoms with E-state index in [-0.39, 0.29) is 24.7 Å². The molecule has 286 valence electrons. The quantitative estimate of drug-likeness (QED) is 0.0634. The minimum absolute atomic E-state index is 0.109. The van der Waals surface area contributed by atoms with E-state index in [0.717, 1.165) is 46.1 Å². The van der Waals surface area contributed by atoms with Crippen molar-refractivity contribution in [3.8, 4) is 17.6 Å². The standard InChI is InChI=1S/C39H47FN8O4S2/c1-27-25-34(44-45-36(27)43-38-41-30-14-7-8-15-32(30)53-38)47(20-9-6-10-21-48(4,5)22-23-49)39-42-35(37(50)51)33(54-39)16-12-24-52-31-18-17-28(26-29(31)40)13-11-19-46(2)3/h7-8,14-15,17-18,25-26,49H,6,9-10,12,16,19-24H2,1-5H3,(H-,41,43,45,50,51). The summed E-state index contributed by atoms with van der Waals surface area (Å²) in [4.78, 5) is 25.8. The van der Waals surface area contributed by atoms with Gasteiger partial charge in [0.15, 0.2) is 33.5 Å². The Labute approximate surface area is 323 Å². The molecule has 15 heteroatoms. The molecule has 5 aromatic rings. The Balaban J connectivity index is 1.30. The Morgan fingerprint density at radius 3 is 2.57 bits per heavy atom. The zero-order valence-electron chi connectivity index (χ0n) is 31.4. The molecule has 2 N–H and O–H groups in total. The SMILES string of the molecule is Cc1cc(N(CCCCC[N+](C)(C)CCO)c2nc(C(=O)[O-])c(CCCOc3ccc(C#CCN(C)C)cc3F)s2)nnc1Nc1nc2ccccc2s1. The number of anilines is 4. The van der Waals surface area contributed by atoms with Crippen molar-refractivity contribution in [3.05, 3.63) is 76.0 Å². The second-order valence-corrected chi connectivity index (χ2v) is 15.9. The van der Waals surface area contributed by atoms with Gasteiger partial charge in [0.05, 0.1) is 56.6 Å². The molecule has 0 atom stereocenters. The second kappa shape index (κ2) is 19.0. The molecule has 0 fully saturated rings. The lowest BCUT2D eigenvalue weighted by Crippen LogP contribution is -2.42. The number of carboxylic acids is 1. The van der Waals surface area contributed by atoms with E-state index in [4.69, 9.17) is 4.74 Å². The van der Waals surface area contributed by atoms with E-state index in [0.29, 0.717) is 64.8 Å². The largest absolute Gasteiger partial charge is 0.543 e.